The van der Waals surface area contributed by atoms with Crippen LogP contribution >= 0.6 is 24.8 Å². The van der Waals surface area contributed by atoms with Crippen LogP contribution in [0, 0.1) is 5.41 Å². The number of benzene rings is 1. The van der Waals surface area contributed by atoms with Crippen LogP contribution in [0.1, 0.15) is 20.8 Å². The van der Waals surface area contributed by atoms with E-state index in [2.05, 4.69) is 10.3 Å². The highest BCUT2D eigenvalue weighted by Gasteiger charge is 2.27. The van der Waals surface area contributed by atoms with Gasteiger partial charge < -0.3 is 20.4 Å². The van der Waals surface area contributed by atoms with E-state index in [1.807, 2.05) is 34.9 Å². The van der Waals surface area contributed by atoms with E-state index in [9.17, 15) is 4.79 Å². The van der Waals surface area contributed by atoms with Gasteiger partial charge in [0.2, 0.25) is 5.91 Å². The highest BCUT2D eigenvalue weighted by Crippen LogP contribution is 2.24. The van der Waals surface area contributed by atoms with E-state index in [0.717, 1.165) is 0 Å². The molecule has 0 radical (unpaired) electrons. The summed E-state index contributed by atoms with van der Waals surface area (Å²) in [5, 5.41) is 2.82. The molecule has 0 unspecified atom stereocenters. The standard InChI is InChI=1S/C15H22N4O2.2ClH/c1-15(2,3)12(16)13(20)17-9-6-7-11-10(8-9)18-14(21-11)19(4)5;;/h6-8,12H,16H2,1-5H3,(H,17,20);2*1H/t12-;;/m1../s1. The van der Waals surface area contributed by atoms with Crippen molar-refractivity contribution < 1.29 is 9.21 Å². The lowest BCUT2D eigenvalue weighted by atomic mass is 9.87. The zero-order valence-electron chi connectivity index (χ0n) is 13.9. The molecule has 0 bridgehead atoms. The third-order valence-corrected chi connectivity index (χ3v) is 3.24. The Morgan fingerprint density at radius 1 is 1.30 bits per heavy atom. The second-order valence-corrected chi connectivity index (χ2v) is 6.41. The second-order valence-electron chi connectivity index (χ2n) is 6.41. The fourth-order valence-corrected chi connectivity index (χ4v) is 1.80. The number of rotatable bonds is 3. The minimum Gasteiger partial charge on any atom is -0.423 e. The maximum absolute atomic E-state index is 12.1. The number of halogens is 2. The molecule has 1 heterocycles. The Balaban J connectivity index is 0.00000242. The lowest BCUT2D eigenvalue weighted by Crippen LogP contribution is -2.45. The van der Waals surface area contributed by atoms with E-state index in [1.54, 1.807) is 23.1 Å². The van der Waals surface area contributed by atoms with Crippen molar-refractivity contribution in [3.05, 3.63) is 18.2 Å². The van der Waals surface area contributed by atoms with Crippen LogP contribution in [-0.2, 0) is 4.79 Å². The van der Waals surface area contributed by atoms with Gasteiger partial charge in [-0.2, -0.15) is 4.98 Å². The maximum atomic E-state index is 12.1. The van der Waals surface area contributed by atoms with Crippen molar-refractivity contribution in [1.29, 1.82) is 0 Å². The van der Waals surface area contributed by atoms with Crippen molar-refractivity contribution in [1.82, 2.24) is 4.98 Å². The van der Waals surface area contributed by atoms with Crippen molar-refractivity contribution in [2.75, 3.05) is 24.3 Å². The Morgan fingerprint density at radius 3 is 2.43 bits per heavy atom. The molecule has 130 valence electrons. The molecule has 0 saturated carbocycles. The Kier molecular flexibility index (Phi) is 7.34. The summed E-state index contributed by atoms with van der Waals surface area (Å²) in [6.07, 6.45) is 0. The van der Waals surface area contributed by atoms with Gasteiger partial charge in [-0.3, -0.25) is 4.79 Å². The van der Waals surface area contributed by atoms with Crippen LogP contribution in [-0.4, -0.2) is 31.0 Å². The first-order chi connectivity index (χ1) is 9.68. The summed E-state index contributed by atoms with van der Waals surface area (Å²) in [6, 6.07) is 5.29. The Bertz CT molecular complexity index is 665. The van der Waals surface area contributed by atoms with E-state index >= 15 is 0 Å². The van der Waals surface area contributed by atoms with Gasteiger partial charge in [0.15, 0.2) is 5.58 Å². The summed E-state index contributed by atoms with van der Waals surface area (Å²) < 4.78 is 5.57. The van der Waals surface area contributed by atoms with Gasteiger partial charge in [-0.1, -0.05) is 20.8 Å². The van der Waals surface area contributed by atoms with Gasteiger partial charge >= 0.3 is 0 Å². The van der Waals surface area contributed by atoms with Crippen LogP contribution in [0.15, 0.2) is 22.6 Å². The largest absolute Gasteiger partial charge is 0.423 e. The third-order valence-electron chi connectivity index (χ3n) is 3.24. The molecule has 3 N–H and O–H groups in total. The van der Waals surface area contributed by atoms with Crippen molar-refractivity contribution in [3.8, 4) is 0 Å². The topological polar surface area (TPSA) is 84.4 Å². The third kappa shape index (κ3) is 4.99. The summed E-state index contributed by atoms with van der Waals surface area (Å²) in [5.74, 6) is -0.210. The number of nitrogens with zero attached hydrogens (tertiary/aromatic N) is 2. The predicted molar refractivity (Wildman–Crippen MR) is 98.9 cm³/mol. The number of anilines is 2. The first-order valence-corrected chi connectivity index (χ1v) is 6.83. The number of amides is 1. The van der Waals surface area contributed by atoms with Gasteiger partial charge in [0.05, 0.1) is 6.04 Å². The zero-order valence-corrected chi connectivity index (χ0v) is 15.5. The molecule has 1 aromatic heterocycles. The highest BCUT2D eigenvalue weighted by molar-refractivity contribution is 5.96. The van der Waals surface area contributed by atoms with Gasteiger partial charge in [0.25, 0.3) is 6.01 Å². The summed E-state index contributed by atoms with van der Waals surface area (Å²) in [6.45, 7) is 5.80. The monoisotopic (exact) mass is 362 g/mol. The van der Waals surface area contributed by atoms with E-state index in [-0.39, 0.29) is 36.1 Å². The first kappa shape index (κ1) is 21.5. The SMILES string of the molecule is CN(C)c1nc2cc(NC(=O)[C@@H](N)C(C)(C)C)ccc2o1.Cl.Cl. The van der Waals surface area contributed by atoms with E-state index in [4.69, 9.17) is 10.2 Å². The Morgan fingerprint density at radius 2 is 1.91 bits per heavy atom. The smallest absolute Gasteiger partial charge is 0.297 e. The molecule has 23 heavy (non-hydrogen) atoms. The van der Waals surface area contributed by atoms with E-state index in [0.29, 0.717) is 22.8 Å². The number of carbonyl (C=O) groups is 1. The van der Waals surface area contributed by atoms with Crippen LogP contribution < -0.4 is 16.0 Å². The maximum Gasteiger partial charge on any atom is 0.297 e. The van der Waals surface area contributed by atoms with Gasteiger partial charge in [-0.05, 0) is 23.6 Å². The number of aromatic nitrogens is 1. The van der Waals surface area contributed by atoms with E-state index in [1.165, 1.54) is 0 Å². The summed E-state index contributed by atoms with van der Waals surface area (Å²) in [7, 11) is 3.71. The molecule has 2 aromatic rings. The minimum absolute atomic E-state index is 0. The molecule has 2 rings (SSSR count). The molecule has 6 nitrogen and oxygen atoms in total. The van der Waals surface area contributed by atoms with Crippen molar-refractivity contribution >= 4 is 53.5 Å². The molecule has 0 aliphatic heterocycles. The zero-order chi connectivity index (χ0) is 15.8. The molecule has 8 heteroatoms. The molecular weight excluding hydrogens is 339 g/mol. The van der Waals surface area contributed by atoms with E-state index < -0.39 is 6.04 Å². The van der Waals surface area contributed by atoms with Crippen molar-refractivity contribution in [3.63, 3.8) is 0 Å². The number of hydrogen-bond acceptors (Lipinski definition) is 5. The Hall–Kier alpha value is -1.50. The van der Waals surface area contributed by atoms with Gasteiger partial charge in [0.1, 0.15) is 5.52 Å². The molecule has 1 aromatic carbocycles. The van der Waals surface area contributed by atoms with Crippen LogP contribution in [0.3, 0.4) is 0 Å². The van der Waals surface area contributed by atoms with Gasteiger partial charge in [-0.25, -0.2) is 0 Å². The molecule has 0 fully saturated rings. The van der Waals surface area contributed by atoms with Gasteiger partial charge in [0, 0.05) is 19.8 Å². The average molecular weight is 363 g/mol. The minimum atomic E-state index is -0.581. The van der Waals surface area contributed by atoms with Crippen molar-refractivity contribution in [2.45, 2.75) is 26.8 Å². The van der Waals surface area contributed by atoms with Crippen LogP contribution in [0.5, 0.6) is 0 Å². The quantitative estimate of drug-likeness (QED) is 0.876. The van der Waals surface area contributed by atoms with Crippen LogP contribution in [0.2, 0.25) is 0 Å². The van der Waals surface area contributed by atoms with Crippen LogP contribution in [0.4, 0.5) is 11.7 Å². The molecule has 0 spiro atoms. The van der Waals surface area contributed by atoms with Crippen molar-refractivity contribution in [2.24, 2.45) is 11.1 Å². The average Bonchev–Trinajstić information content (AvgIpc) is 2.79. The van der Waals surface area contributed by atoms with Gasteiger partial charge in [-0.15, -0.1) is 24.8 Å². The Labute approximate surface area is 148 Å². The predicted octanol–water partition coefficient (Wildman–Crippen LogP) is 3.05. The normalized spacial score (nSPS) is 12.1. The lowest BCUT2D eigenvalue weighted by Gasteiger charge is -2.25. The summed E-state index contributed by atoms with van der Waals surface area (Å²) >= 11 is 0. The molecule has 1 amide bonds. The number of hydrogen-bond donors (Lipinski definition) is 2. The fourth-order valence-electron chi connectivity index (χ4n) is 1.80. The molecule has 0 aliphatic rings. The van der Waals surface area contributed by atoms with Crippen LogP contribution in [0.25, 0.3) is 11.1 Å². The highest BCUT2D eigenvalue weighted by atomic mass is 35.5. The number of nitrogens with two attached hydrogens (primary N) is 1. The molecular formula is C15H24Cl2N4O2. The first-order valence-electron chi connectivity index (χ1n) is 6.83. The summed E-state index contributed by atoms with van der Waals surface area (Å²) in [5.41, 5.74) is 7.69. The number of oxazole rings is 1. The second kappa shape index (κ2) is 7.86. The molecule has 1 atom stereocenters. The summed E-state index contributed by atoms with van der Waals surface area (Å²) in [4.78, 5) is 18.3. The fraction of sp³-hybridized carbons (Fsp3) is 0.467. The lowest BCUT2D eigenvalue weighted by molar-refractivity contribution is -0.119. The molecule has 0 aliphatic carbocycles. The number of carbonyl (C=O) groups excluding carboxylic acids is 1. The number of fused-ring (bicyclic) bond motifs is 1. The molecule has 0 saturated heterocycles. The number of nitrogens with one attached hydrogen (secondary N) is 1.